The van der Waals surface area contributed by atoms with Crippen LogP contribution in [0.1, 0.15) is 23.9 Å². The zero-order valence-corrected chi connectivity index (χ0v) is 11.8. The zero-order chi connectivity index (χ0) is 13.9. The van der Waals surface area contributed by atoms with Gasteiger partial charge in [0.25, 0.3) is 0 Å². The molecule has 0 amide bonds. The third-order valence-electron chi connectivity index (χ3n) is 3.51. The van der Waals surface area contributed by atoms with Crippen molar-refractivity contribution in [2.75, 3.05) is 7.11 Å². The van der Waals surface area contributed by atoms with Crippen molar-refractivity contribution in [2.45, 2.75) is 19.8 Å². The number of benzene rings is 2. The van der Waals surface area contributed by atoms with Crippen molar-refractivity contribution in [1.29, 1.82) is 0 Å². The summed E-state index contributed by atoms with van der Waals surface area (Å²) in [6, 6.07) is 14.5. The highest BCUT2D eigenvalue weighted by molar-refractivity contribution is 5.76. The van der Waals surface area contributed by atoms with E-state index in [4.69, 9.17) is 4.74 Å². The van der Waals surface area contributed by atoms with Crippen molar-refractivity contribution < 1.29 is 4.74 Å². The third-order valence-corrected chi connectivity index (χ3v) is 3.51. The summed E-state index contributed by atoms with van der Waals surface area (Å²) in [6.07, 6.45) is 1.83. The van der Waals surface area contributed by atoms with Gasteiger partial charge in [0, 0.05) is 6.42 Å². The summed E-state index contributed by atoms with van der Waals surface area (Å²) in [5.74, 6) is 1.87. The standard InChI is InChI=1S/C17H18N2O/c1-3-12-7-8-15-16(10-12)19-17(18-15)11-13-5-4-6-14(9-13)20-2/h4-10H,3,11H2,1-2H3,(H,18,19). The van der Waals surface area contributed by atoms with E-state index in [0.29, 0.717) is 0 Å². The van der Waals surface area contributed by atoms with Crippen LogP contribution in [0, 0.1) is 0 Å². The lowest BCUT2D eigenvalue weighted by molar-refractivity contribution is 0.414. The Kier molecular flexibility index (Phi) is 3.42. The van der Waals surface area contributed by atoms with Crippen molar-refractivity contribution in [3.05, 3.63) is 59.4 Å². The summed E-state index contributed by atoms with van der Waals surface area (Å²) in [5.41, 5.74) is 4.66. The quantitative estimate of drug-likeness (QED) is 0.781. The molecule has 2 aromatic carbocycles. The number of H-pyrrole nitrogens is 1. The van der Waals surface area contributed by atoms with Crippen LogP contribution in [-0.4, -0.2) is 17.1 Å². The minimum atomic E-state index is 0.785. The van der Waals surface area contributed by atoms with E-state index < -0.39 is 0 Å². The molecular formula is C17H18N2O. The average Bonchev–Trinajstić information content (AvgIpc) is 2.88. The summed E-state index contributed by atoms with van der Waals surface area (Å²) in [6.45, 7) is 2.16. The van der Waals surface area contributed by atoms with Gasteiger partial charge in [-0.1, -0.05) is 25.1 Å². The van der Waals surface area contributed by atoms with E-state index in [1.54, 1.807) is 7.11 Å². The van der Waals surface area contributed by atoms with E-state index in [-0.39, 0.29) is 0 Å². The van der Waals surface area contributed by atoms with Gasteiger partial charge in [-0.15, -0.1) is 0 Å². The molecule has 0 aliphatic carbocycles. The number of aryl methyl sites for hydroxylation is 1. The molecule has 1 heterocycles. The maximum absolute atomic E-state index is 5.25. The normalized spacial score (nSPS) is 10.9. The highest BCUT2D eigenvalue weighted by Crippen LogP contribution is 2.18. The number of nitrogens with one attached hydrogen (secondary N) is 1. The number of rotatable bonds is 4. The maximum atomic E-state index is 5.25. The fourth-order valence-corrected chi connectivity index (χ4v) is 2.39. The van der Waals surface area contributed by atoms with Crippen molar-refractivity contribution in [3.63, 3.8) is 0 Å². The summed E-state index contributed by atoms with van der Waals surface area (Å²) in [7, 11) is 1.69. The van der Waals surface area contributed by atoms with Gasteiger partial charge in [0.2, 0.25) is 0 Å². The highest BCUT2D eigenvalue weighted by Gasteiger charge is 2.05. The van der Waals surface area contributed by atoms with Gasteiger partial charge in [-0.2, -0.15) is 0 Å². The largest absolute Gasteiger partial charge is 0.497 e. The van der Waals surface area contributed by atoms with E-state index in [1.807, 2.05) is 18.2 Å². The second-order valence-corrected chi connectivity index (χ2v) is 4.92. The minimum absolute atomic E-state index is 0.785. The summed E-state index contributed by atoms with van der Waals surface area (Å²) < 4.78 is 5.25. The SMILES string of the molecule is CCc1ccc2nc(Cc3cccc(OC)c3)[nH]c2c1. The van der Waals surface area contributed by atoms with Crippen LogP contribution >= 0.6 is 0 Å². The van der Waals surface area contributed by atoms with Crippen LogP contribution in [0.3, 0.4) is 0 Å². The van der Waals surface area contributed by atoms with Crippen molar-refractivity contribution in [3.8, 4) is 5.75 Å². The Morgan fingerprint density at radius 3 is 2.80 bits per heavy atom. The van der Waals surface area contributed by atoms with Crippen molar-refractivity contribution in [2.24, 2.45) is 0 Å². The summed E-state index contributed by atoms with van der Waals surface area (Å²) in [4.78, 5) is 8.05. The van der Waals surface area contributed by atoms with Crippen molar-refractivity contribution in [1.82, 2.24) is 9.97 Å². The zero-order valence-electron chi connectivity index (χ0n) is 11.8. The van der Waals surface area contributed by atoms with Gasteiger partial charge in [0.1, 0.15) is 11.6 Å². The fourth-order valence-electron chi connectivity index (χ4n) is 2.39. The monoisotopic (exact) mass is 266 g/mol. The molecule has 0 spiro atoms. The molecular weight excluding hydrogens is 248 g/mol. The Labute approximate surface area is 118 Å². The number of methoxy groups -OCH3 is 1. The average molecular weight is 266 g/mol. The minimum Gasteiger partial charge on any atom is -0.497 e. The fraction of sp³-hybridized carbons (Fsp3) is 0.235. The molecule has 0 bridgehead atoms. The topological polar surface area (TPSA) is 37.9 Å². The van der Waals surface area contributed by atoms with E-state index in [1.165, 1.54) is 11.1 Å². The molecule has 1 aromatic heterocycles. The van der Waals surface area contributed by atoms with E-state index in [9.17, 15) is 0 Å². The number of ether oxygens (including phenoxy) is 1. The maximum Gasteiger partial charge on any atom is 0.119 e. The number of fused-ring (bicyclic) bond motifs is 1. The first kappa shape index (κ1) is 12.7. The first-order valence-electron chi connectivity index (χ1n) is 6.89. The lowest BCUT2D eigenvalue weighted by atomic mass is 10.1. The molecule has 0 aliphatic heterocycles. The number of aromatic nitrogens is 2. The van der Waals surface area contributed by atoms with Gasteiger partial charge in [0.15, 0.2) is 0 Å². The molecule has 0 radical (unpaired) electrons. The van der Waals surface area contributed by atoms with Crippen LogP contribution in [0.4, 0.5) is 0 Å². The molecule has 0 unspecified atom stereocenters. The van der Waals surface area contributed by atoms with Gasteiger partial charge < -0.3 is 9.72 Å². The molecule has 0 atom stereocenters. The summed E-state index contributed by atoms with van der Waals surface area (Å²) >= 11 is 0. The highest BCUT2D eigenvalue weighted by atomic mass is 16.5. The second kappa shape index (κ2) is 5.37. The summed E-state index contributed by atoms with van der Waals surface area (Å²) in [5, 5.41) is 0. The van der Waals surface area contributed by atoms with Gasteiger partial charge in [-0.25, -0.2) is 4.98 Å². The molecule has 3 rings (SSSR count). The second-order valence-electron chi connectivity index (χ2n) is 4.92. The molecule has 0 aliphatic rings. The van der Waals surface area contributed by atoms with E-state index in [0.717, 1.165) is 35.4 Å². The van der Waals surface area contributed by atoms with Crippen LogP contribution in [0.25, 0.3) is 11.0 Å². The van der Waals surface area contributed by atoms with Gasteiger partial charge in [-0.05, 0) is 41.8 Å². The molecule has 20 heavy (non-hydrogen) atoms. The van der Waals surface area contributed by atoms with Gasteiger partial charge in [0.05, 0.1) is 18.1 Å². The Bertz CT molecular complexity index is 731. The van der Waals surface area contributed by atoms with Gasteiger partial charge in [-0.3, -0.25) is 0 Å². The lowest BCUT2D eigenvalue weighted by Crippen LogP contribution is -1.91. The first-order valence-corrected chi connectivity index (χ1v) is 6.89. The van der Waals surface area contributed by atoms with Crippen LogP contribution < -0.4 is 4.74 Å². The van der Waals surface area contributed by atoms with Crippen LogP contribution in [0.15, 0.2) is 42.5 Å². The van der Waals surface area contributed by atoms with E-state index >= 15 is 0 Å². The number of nitrogens with zero attached hydrogens (tertiary/aromatic N) is 1. The third kappa shape index (κ3) is 2.52. The molecule has 102 valence electrons. The molecule has 0 saturated heterocycles. The van der Waals surface area contributed by atoms with Gasteiger partial charge >= 0.3 is 0 Å². The van der Waals surface area contributed by atoms with Crippen LogP contribution in [0.5, 0.6) is 5.75 Å². The first-order chi connectivity index (χ1) is 9.78. The van der Waals surface area contributed by atoms with E-state index in [2.05, 4.69) is 41.2 Å². The van der Waals surface area contributed by atoms with Crippen LogP contribution in [0.2, 0.25) is 0 Å². The predicted molar refractivity (Wildman–Crippen MR) is 81.3 cm³/mol. The number of imidazole rings is 1. The smallest absolute Gasteiger partial charge is 0.119 e. The van der Waals surface area contributed by atoms with Crippen molar-refractivity contribution >= 4 is 11.0 Å². The Balaban J connectivity index is 1.90. The Hall–Kier alpha value is -2.29. The Morgan fingerprint density at radius 2 is 2.00 bits per heavy atom. The lowest BCUT2D eigenvalue weighted by Gasteiger charge is -2.02. The predicted octanol–water partition coefficient (Wildman–Crippen LogP) is 3.72. The molecule has 3 heteroatoms. The number of aromatic amines is 1. The molecule has 0 fully saturated rings. The molecule has 3 aromatic rings. The molecule has 3 nitrogen and oxygen atoms in total. The molecule has 1 N–H and O–H groups in total. The van der Waals surface area contributed by atoms with Crippen LogP contribution in [-0.2, 0) is 12.8 Å². The number of hydrogen-bond acceptors (Lipinski definition) is 2. The molecule has 0 saturated carbocycles. The number of hydrogen-bond donors (Lipinski definition) is 1. The Morgan fingerprint density at radius 1 is 1.10 bits per heavy atom.